The molecule has 7 nitrogen and oxygen atoms in total. The van der Waals surface area contributed by atoms with Gasteiger partial charge in [-0.25, -0.2) is 4.98 Å². The fourth-order valence-electron chi connectivity index (χ4n) is 3.48. The van der Waals surface area contributed by atoms with Gasteiger partial charge in [-0.1, -0.05) is 0 Å². The molecule has 22 heavy (non-hydrogen) atoms. The van der Waals surface area contributed by atoms with Gasteiger partial charge in [0.1, 0.15) is 5.82 Å². The summed E-state index contributed by atoms with van der Waals surface area (Å²) in [7, 11) is 5.55. The number of ether oxygens (including phenoxy) is 1. The molecule has 1 N–H and O–H groups in total. The van der Waals surface area contributed by atoms with Crippen LogP contribution in [-0.2, 0) is 9.53 Å². The Hall–Kier alpha value is -1.89. The Morgan fingerprint density at radius 2 is 2.36 bits per heavy atom. The molecule has 7 heteroatoms. The quantitative estimate of drug-likeness (QED) is 0.856. The molecule has 2 aliphatic rings. The predicted molar refractivity (Wildman–Crippen MR) is 84.0 cm³/mol. The number of carbonyl (C=O) groups excluding carboxylic acids is 1. The van der Waals surface area contributed by atoms with Crippen LogP contribution in [0.2, 0.25) is 0 Å². The van der Waals surface area contributed by atoms with Crippen LogP contribution in [0.5, 0.6) is 0 Å². The van der Waals surface area contributed by atoms with Gasteiger partial charge in [0.05, 0.1) is 12.0 Å². The Bertz CT molecular complexity index is 565. The average molecular weight is 305 g/mol. The topological polar surface area (TPSA) is 70.6 Å². The summed E-state index contributed by atoms with van der Waals surface area (Å²) >= 11 is 0. The highest BCUT2D eigenvalue weighted by molar-refractivity contribution is 5.84. The first-order valence-corrected chi connectivity index (χ1v) is 7.62. The third-order valence-electron chi connectivity index (χ3n) is 4.74. The van der Waals surface area contributed by atoms with Crippen LogP contribution in [0.3, 0.4) is 0 Å². The first kappa shape index (κ1) is 15.0. The second-order valence-electron chi connectivity index (χ2n) is 6.25. The van der Waals surface area contributed by atoms with Crippen LogP contribution in [-0.4, -0.2) is 63.3 Å². The van der Waals surface area contributed by atoms with Gasteiger partial charge in [-0.05, 0) is 12.5 Å². The zero-order chi connectivity index (χ0) is 15.7. The fourth-order valence-corrected chi connectivity index (χ4v) is 3.48. The third kappa shape index (κ3) is 2.39. The molecule has 0 unspecified atom stereocenters. The molecule has 0 radical (unpaired) electrons. The van der Waals surface area contributed by atoms with Crippen molar-refractivity contribution in [3.8, 4) is 0 Å². The number of nitrogens with one attached hydrogen (secondary N) is 1. The van der Waals surface area contributed by atoms with Gasteiger partial charge in [0, 0.05) is 53.0 Å². The van der Waals surface area contributed by atoms with E-state index in [1.165, 1.54) is 0 Å². The zero-order valence-corrected chi connectivity index (χ0v) is 13.4. The molecule has 0 saturated carbocycles. The molecule has 1 aromatic rings. The number of hydrogen-bond acceptors (Lipinski definition) is 6. The van der Waals surface area contributed by atoms with Crippen molar-refractivity contribution in [3.63, 3.8) is 0 Å². The lowest BCUT2D eigenvalue weighted by Gasteiger charge is -2.36. The Morgan fingerprint density at radius 1 is 1.55 bits per heavy atom. The van der Waals surface area contributed by atoms with Gasteiger partial charge < -0.3 is 19.9 Å². The SMILES string of the molecule is CNC(=O)[C@]12CCOC[C@H]1CN(c1ccnc(N(C)C)n1)C2. The minimum Gasteiger partial charge on any atom is -0.381 e. The predicted octanol–water partition coefficient (Wildman–Crippen LogP) is 0.132. The molecule has 0 aliphatic carbocycles. The summed E-state index contributed by atoms with van der Waals surface area (Å²) in [5.74, 6) is 1.87. The first-order chi connectivity index (χ1) is 10.6. The van der Waals surface area contributed by atoms with E-state index >= 15 is 0 Å². The molecular formula is C15H23N5O2. The van der Waals surface area contributed by atoms with E-state index in [4.69, 9.17) is 4.74 Å². The maximum absolute atomic E-state index is 12.5. The van der Waals surface area contributed by atoms with Gasteiger partial charge in [-0.15, -0.1) is 0 Å². The number of aromatic nitrogens is 2. The van der Waals surface area contributed by atoms with Gasteiger partial charge in [0.2, 0.25) is 11.9 Å². The van der Waals surface area contributed by atoms with Gasteiger partial charge in [0.25, 0.3) is 0 Å². The number of hydrogen-bond donors (Lipinski definition) is 1. The molecule has 1 aromatic heterocycles. The molecule has 3 rings (SSSR count). The summed E-state index contributed by atoms with van der Waals surface area (Å²) in [6.07, 6.45) is 2.53. The van der Waals surface area contributed by atoms with Crippen molar-refractivity contribution in [1.29, 1.82) is 0 Å². The molecule has 120 valence electrons. The average Bonchev–Trinajstić information content (AvgIpc) is 2.95. The first-order valence-electron chi connectivity index (χ1n) is 7.62. The lowest BCUT2D eigenvalue weighted by Crippen LogP contribution is -2.49. The fraction of sp³-hybridized carbons (Fsp3) is 0.667. The number of nitrogens with zero attached hydrogens (tertiary/aromatic N) is 4. The number of rotatable bonds is 3. The molecule has 1 amide bonds. The van der Waals surface area contributed by atoms with E-state index in [2.05, 4.69) is 20.2 Å². The summed E-state index contributed by atoms with van der Waals surface area (Å²) in [6, 6.07) is 1.91. The van der Waals surface area contributed by atoms with E-state index in [9.17, 15) is 4.79 Å². The highest BCUT2D eigenvalue weighted by Crippen LogP contribution is 2.43. The second kappa shape index (κ2) is 5.72. The standard InChI is InChI=1S/C15H23N5O2/c1-16-13(21)15-5-7-22-9-11(15)8-20(10-15)12-4-6-17-14(18-12)19(2)3/h4,6,11H,5,7-10H2,1-3H3,(H,16,21)/t11-,15+/m1/s1. The van der Waals surface area contributed by atoms with Crippen molar-refractivity contribution in [3.05, 3.63) is 12.3 Å². The Kier molecular flexibility index (Phi) is 3.90. The monoisotopic (exact) mass is 305 g/mol. The smallest absolute Gasteiger partial charge is 0.228 e. The van der Waals surface area contributed by atoms with Gasteiger partial charge >= 0.3 is 0 Å². The molecular weight excluding hydrogens is 282 g/mol. The normalized spacial score (nSPS) is 27.4. The number of fused-ring (bicyclic) bond motifs is 1. The molecule has 2 aliphatic heterocycles. The minimum absolute atomic E-state index is 0.116. The van der Waals surface area contributed by atoms with E-state index in [0.29, 0.717) is 25.7 Å². The third-order valence-corrected chi connectivity index (χ3v) is 4.74. The molecule has 0 aromatic carbocycles. The Labute approximate surface area is 130 Å². The van der Waals surface area contributed by atoms with Crippen LogP contribution in [0.1, 0.15) is 6.42 Å². The zero-order valence-electron chi connectivity index (χ0n) is 13.4. The molecule has 3 heterocycles. The van der Waals surface area contributed by atoms with Crippen molar-refractivity contribution in [2.75, 3.05) is 57.2 Å². The summed E-state index contributed by atoms with van der Waals surface area (Å²) in [6.45, 7) is 2.75. The van der Waals surface area contributed by atoms with Crippen LogP contribution >= 0.6 is 0 Å². The minimum atomic E-state index is -0.365. The van der Waals surface area contributed by atoms with Gasteiger partial charge in [-0.3, -0.25) is 4.79 Å². The van der Waals surface area contributed by atoms with Gasteiger partial charge in [-0.2, -0.15) is 4.98 Å². The van der Waals surface area contributed by atoms with Crippen LogP contribution in [0.15, 0.2) is 12.3 Å². The summed E-state index contributed by atoms with van der Waals surface area (Å²) in [4.78, 5) is 25.4. The van der Waals surface area contributed by atoms with E-state index in [1.807, 2.05) is 25.1 Å². The molecule has 0 spiro atoms. The lowest BCUT2D eigenvalue weighted by atomic mass is 9.73. The van der Waals surface area contributed by atoms with E-state index in [0.717, 1.165) is 18.8 Å². The molecule has 2 saturated heterocycles. The van der Waals surface area contributed by atoms with E-state index in [1.54, 1.807) is 13.2 Å². The summed E-state index contributed by atoms with van der Waals surface area (Å²) in [5, 5.41) is 2.84. The van der Waals surface area contributed by atoms with Crippen LogP contribution in [0, 0.1) is 11.3 Å². The Morgan fingerprint density at radius 3 is 3.09 bits per heavy atom. The molecule has 0 bridgehead atoms. The van der Waals surface area contributed by atoms with Crippen molar-refractivity contribution in [2.24, 2.45) is 11.3 Å². The van der Waals surface area contributed by atoms with Gasteiger partial charge in [0.15, 0.2) is 0 Å². The highest BCUT2D eigenvalue weighted by Gasteiger charge is 2.53. The molecule has 2 atom stereocenters. The van der Waals surface area contributed by atoms with Crippen LogP contribution in [0.4, 0.5) is 11.8 Å². The van der Waals surface area contributed by atoms with Crippen molar-refractivity contribution < 1.29 is 9.53 Å². The second-order valence-corrected chi connectivity index (χ2v) is 6.25. The maximum atomic E-state index is 12.5. The van der Waals surface area contributed by atoms with Crippen molar-refractivity contribution in [1.82, 2.24) is 15.3 Å². The van der Waals surface area contributed by atoms with Crippen LogP contribution in [0.25, 0.3) is 0 Å². The summed E-state index contributed by atoms with van der Waals surface area (Å²) < 4.78 is 5.60. The Balaban J connectivity index is 1.88. The lowest BCUT2D eigenvalue weighted by molar-refractivity contribution is -0.138. The largest absolute Gasteiger partial charge is 0.381 e. The number of anilines is 2. The van der Waals surface area contributed by atoms with Crippen LogP contribution < -0.4 is 15.1 Å². The number of carbonyl (C=O) groups is 1. The van der Waals surface area contributed by atoms with Crippen molar-refractivity contribution in [2.45, 2.75) is 6.42 Å². The van der Waals surface area contributed by atoms with E-state index < -0.39 is 0 Å². The summed E-state index contributed by atoms with van der Waals surface area (Å²) in [5.41, 5.74) is -0.365. The molecule has 2 fully saturated rings. The highest BCUT2D eigenvalue weighted by atomic mass is 16.5. The van der Waals surface area contributed by atoms with E-state index in [-0.39, 0.29) is 17.2 Å². The maximum Gasteiger partial charge on any atom is 0.228 e. The van der Waals surface area contributed by atoms with Crippen molar-refractivity contribution >= 4 is 17.7 Å². The number of amides is 1.